The average Bonchev–Trinajstić information content (AvgIpc) is 3.16. The van der Waals surface area contributed by atoms with Gasteiger partial charge in [0, 0.05) is 43.8 Å². The minimum absolute atomic E-state index is 0.0433. The molecule has 0 bridgehead atoms. The second-order valence-corrected chi connectivity index (χ2v) is 6.05. The molecule has 1 aliphatic heterocycles. The van der Waals surface area contributed by atoms with Gasteiger partial charge in [0.25, 0.3) is 5.91 Å². The van der Waals surface area contributed by atoms with Crippen LogP contribution < -0.4 is 4.74 Å². The summed E-state index contributed by atoms with van der Waals surface area (Å²) in [6, 6.07) is 3.49. The van der Waals surface area contributed by atoms with E-state index in [0.29, 0.717) is 17.4 Å². The number of imidazole rings is 1. The second-order valence-electron chi connectivity index (χ2n) is 6.05. The molecule has 2 aromatic heterocycles. The molecule has 1 amide bonds. The van der Waals surface area contributed by atoms with Gasteiger partial charge in [-0.25, -0.2) is 9.97 Å². The molecule has 1 saturated heterocycles. The molecular formula is C17H22N4O2. The molecule has 122 valence electrons. The van der Waals surface area contributed by atoms with Crippen LogP contribution in [0.15, 0.2) is 24.5 Å². The summed E-state index contributed by atoms with van der Waals surface area (Å²) in [5.41, 5.74) is 1.79. The number of rotatable bonds is 4. The molecule has 1 fully saturated rings. The summed E-state index contributed by atoms with van der Waals surface area (Å²) in [6.45, 7) is 6.58. The van der Waals surface area contributed by atoms with E-state index in [2.05, 4.69) is 21.5 Å². The van der Waals surface area contributed by atoms with E-state index in [1.807, 2.05) is 18.0 Å². The third kappa shape index (κ3) is 3.21. The van der Waals surface area contributed by atoms with Crippen LogP contribution in [0.2, 0.25) is 0 Å². The molecule has 1 atom stereocenters. The molecule has 6 heteroatoms. The van der Waals surface area contributed by atoms with Crippen LogP contribution >= 0.6 is 0 Å². The zero-order valence-corrected chi connectivity index (χ0v) is 13.8. The molecule has 0 aromatic carbocycles. The molecule has 1 aliphatic rings. The lowest BCUT2D eigenvalue weighted by Crippen LogP contribution is -2.29. The summed E-state index contributed by atoms with van der Waals surface area (Å²) in [5.74, 6) is 2.07. The van der Waals surface area contributed by atoms with Crippen molar-refractivity contribution in [1.82, 2.24) is 19.4 Å². The molecular weight excluding hydrogens is 292 g/mol. The van der Waals surface area contributed by atoms with Crippen molar-refractivity contribution in [3.05, 3.63) is 41.6 Å². The molecule has 6 nitrogen and oxygen atoms in total. The standard InChI is InChI=1S/C17H22N4O2/c1-12-8-18-13(2)21(12)11-14-6-7-20(10-14)17(22)15-4-5-16(23-3)19-9-15/h4-5,8-9,14H,6-7,10-11H2,1-3H3. The average molecular weight is 314 g/mol. The Balaban J connectivity index is 1.63. The number of carbonyl (C=O) groups excluding carboxylic acids is 1. The number of pyridine rings is 1. The van der Waals surface area contributed by atoms with E-state index in [1.54, 1.807) is 25.4 Å². The van der Waals surface area contributed by atoms with E-state index in [-0.39, 0.29) is 5.91 Å². The fraction of sp³-hybridized carbons (Fsp3) is 0.471. The monoisotopic (exact) mass is 314 g/mol. The number of likely N-dealkylation sites (tertiary alicyclic amines) is 1. The highest BCUT2D eigenvalue weighted by Crippen LogP contribution is 2.22. The second kappa shape index (κ2) is 6.40. The number of hydrogen-bond donors (Lipinski definition) is 0. The lowest BCUT2D eigenvalue weighted by atomic mass is 10.1. The maximum absolute atomic E-state index is 12.6. The van der Waals surface area contributed by atoms with Gasteiger partial charge >= 0.3 is 0 Å². The van der Waals surface area contributed by atoms with Gasteiger partial charge < -0.3 is 14.2 Å². The number of methoxy groups -OCH3 is 1. The Bertz CT molecular complexity index is 674. The highest BCUT2D eigenvalue weighted by Gasteiger charge is 2.27. The topological polar surface area (TPSA) is 60.2 Å². The molecule has 3 heterocycles. The first-order valence-corrected chi connectivity index (χ1v) is 7.86. The van der Waals surface area contributed by atoms with Crippen molar-refractivity contribution in [2.75, 3.05) is 20.2 Å². The van der Waals surface area contributed by atoms with Crippen LogP contribution in [0.1, 0.15) is 28.3 Å². The van der Waals surface area contributed by atoms with Crippen LogP contribution in [0.5, 0.6) is 5.88 Å². The Morgan fingerprint density at radius 3 is 2.74 bits per heavy atom. The summed E-state index contributed by atoms with van der Waals surface area (Å²) < 4.78 is 7.26. The van der Waals surface area contributed by atoms with E-state index in [4.69, 9.17) is 4.74 Å². The van der Waals surface area contributed by atoms with E-state index in [0.717, 1.165) is 31.9 Å². The Kier molecular flexibility index (Phi) is 4.32. The highest BCUT2D eigenvalue weighted by atomic mass is 16.5. The van der Waals surface area contributed by atoms with Crippen molar-refractivity contribution in [3.63, 3.8) is 0 Å². The SMILES string of the molecule is COc1ccc(C(=O)N2CCC(Cn3c(C)cnc3C)C2)cn1. The van der Waals surface area contributed by atoms with Crippen LogP contribution in [-0.2, 0) is 6.54 Å². The summed E-state index contributed by atoms with van der Waals surface area (Å²) in [4.78, 5) is 22.9. The quantitative estimate of drug-likeness (QED) is 0.867. The minimum Gasteiger partial charge on any atom is -0.481 e. The molecule has 1 unspecified atom stereocenters. The van der Waals surface area contributed by atoms with Crippen molar-refractivity contribution >= 4 is 5.91 Å². The van der Waals surface area contributed by atoms with E-state index in [9.17, 15) is 4.79 Å². The zero-order valence-electron chi connectivity index (χ0n) is 13.8. The lowest BCUT2D eigenvalue weighted by Gasteiger charge is -2.17. The Labute approximate surface area is 136 Å². The van der Waals surface area contributed by atoms with E-state index < -0.39 is 0 Å². The summed E-state index contributed by atoms with van der Waals surface area (Å²) in [6.07, 6.45) is 4.50. The Morgan fingerprint density at radius 1 is 1.30 bits per heavy atom. The third-order valence-electron chi connectivity index (χ3n) is 4.46. The first-order chi connectivity index (χ1) is 11.1. The zero-order chi connectivity index (χ0) is 16.4. The van der Waals surface area contributed by atoms with E-state index in [1.165, 1.54) is 5.69 Å². The molecule has 0 N–H and O–H groups in total. The largest absolute Gasteiger partial charge is 0.481 e. The van der Waals surface area contributed by atoms with Crippen LogP contribution in [0.3, 0.4) is 0 Å². The van der Waals surface area contributed by atoms with Gasteiger partial charge in [0.05, 0.1) is 12.7 Å². The third-order valence-corrected chi connectivity index (χ3v) is 4.46. The number of aryl methyl sites for hydroxylation is 2. The number of nitrogens with zero attached hydrogens (tertiary/aromatic N) is 4. The van der Waals surface area contributed by atoms with Gasteiger partial charge in [-0.3, -0.25) is 4.79 Å². The summed E-state index contributed by atoms with van der Waals surface area (Å²) >= 11 is 0. The van der Waals surface area contributed by atoms with Gasteiger partial charge in [-0.2, -0.15) is 0 Å². The van der Waals surface area contributed by atoms with Crippen molar-refractivity contribution in [2.45, 2.75) is 26.8 Å². The van der Waals surface area contributed by atoms with Gasteiger partial charge in [-0.1, -0.05) is 0 Å². The number of carbonyl (C=O) groups is 1. The summed E-state index contributed by atoms with van der Waals surface area (Å²) in [7, 11) is 1.56. The minimum atomic E-state index is 0.0433. The van der Waals surface area contributed by atoms with Gasteiger partial charge in [0.1, 0.15) is 5.82 Å². The fourth-order valence-electron chi connectivity index (χ4n) is 3.09. The number of aromatic nitrogens is 3. The Morgan fingerprint density at radius 2 is 2.13 bits per heavy atom. The Hall–Kier alpha value is -2.37. The van der Waals surface area contributed by atoms with Gasteiger partial charge in [0.15, 0.2) is 0 Å². The predicted octanol–water partition coefficient (Wildman–Crippen LogP) is 2.07. The molecule has 0 radical (unpaired) electrons. The maximum Gasteiger partial charge on any atom is 0.255 e. The number of amides is 1. The molecule has 23 heavy (non-hydrogen) atoms. The van der Waals surface area contributed by atoms with Gasteiger partial charge in [-0.05, 0) is 32.3 Å². The normalized spacial score (nSPS) is 17.5. The van der Waals surface area contributed by atoms with Gasteiger partial charge in [-0.15, -0.1) is 0 Å². The van der Waals surface area contributed by atoms with Crippen molar-refractivity contribution in [2.24, 2.45) is 5.92 Å². The predicted molar refractivity (Wildman–Crippen MR) is 86.5 cm³/mol. The lowest BCUT2D eigenvalue weighted by molar-refractivity contribution is 0.0785. The number of hydrogen-bond acceptors (Lipinski definition) is 4. The van der Waals surface area contributed by atoms with Crippen molar-refractivity contribution in [1.29, 1.82) is 0 Å². The maximum atomic E-state index is 12.6. The van der Waals surface area contributed by atoms with Crippen LogP contribution in [0, 0.1) is 19.8 Å². The highest BCUT2D eigenvalue weighted by molar-refractivity contribution is 5.94. The molecule has 0 aliphatic carbocycles. The first-order valence-electron chi connectivity index (χ1n) is 7.86. The fourth-order valence-corrected chi connectivity index (χ4v) is 3.09. The van der Waals surface area contributed by atoms with Crippen LogP contribution in [0.25, 0.3) is 0 Å². The molecule has 0 saturated carbocycles. The van der Waals surface area contributed by atoms with E-state index >= 15 is 0 Å². The molecule has 3 rings (SSSR count). The van der Waals surface area contributed by atoms with Crippen LogP contribution in [-0.4, -0.2) is 45.5 Å². The van der Waals surface area contributed by atoms with Crippen molar-refractivity contribution in [3.8, 4) is 5.88 Å². The van der Waals surface area contributed by atoms with Crippen LogP contribution in [0.4, 0.5) is 0 Å². The number of ether oxygens (including phenoxy) is 1. The smallest absolute Gasteiger partial charge is 0.255 e. The molecule has 2 aromatic rings. The first kappa shape index (κ1) is 15.5. The summed E-state index contributed by atoms with van der Waals surface area (Å²) in [5, 5.41) is 0. The van der Waals surface area contributed by atoms with Gasteiger partial charge in [0.2, 0.25) is 5.88 Å². The van der Waals surface area contributed by atoms with Crippen molar-refractivity contribution < 1.29 is 9.53 Å². The molecule has 0 spiro atoms.